The van der Waals surface area contributed by atoms with E-state index in [0.717, 1.165) is 83.5 Å². The Morgan fingerprint density at radius 1 is 0.421 bits per heavy atom. The van der Waals surface area contributed by atoms with E-state index < -0.39 is 26.5 Å². The predicted octanol–water partition coefficient (Wildman–Crippen LogP) is 20.0. The molecule has 2 atom stereocenters. The topological polar surface area (TPSA) is 108 Å². The number of likely N-dealkylation sites (N-methyl/N-ethyl adjacent to an activating group) is 1. The number of hydrogen-bond donors (Lipinski definition) is 1. The lowest BCUT2D eigenvalue weighted by Gasteiger charge is -2.24. The molecule has 0 heterocycles. The SMILES string of the molecule is CC/C=C\C/C=C\C/C=C\C/C=C\C/C=C\C/C=C\CCCCCCCCCCCCC(=O)OC(COC(=O)CCCCCCCCCCCCCCCCCCCCCCCCC)COP(=O)(O)OCC[N+](C)(C)C. The Bertz CT molecular complexity index is 1510. The van der Waals surface area contributed by atoms with Crippen molar-refractivity contribution in [2.24, 2.45) is 0 Å². The number of esters is 2. The van der Waals surface area contributed by atoms with Crippen LogP contribution < -0.4 is 0 Å². The summed E-state index contributed by atoms with van der Waals surface area (Å²) in [6.45, 7) is 4.35. The Morgan fingerprint density at radius 2 is 0.750 bits per heavy atom. The van der Waals surface area contributed by atoms with E-state index in [4.69, 9.17) is 18.5 Å². The molecule has 0 amide bonds. The van der Waals surface area contributed by atoms with Gasteiger partial charge in [0.05, 0.1) is 27.7 Å². The molecule has 0 aromatic rings. The first kappa shape index (κ1) is 73.5. The molecule has 0 fully saturated rings. The molecule has 0 aliphatic carbocycles. The van der Waals surface area contributed by atoms with Gasteiger partial charge >= 0.3 is 19.8 Å². The monoisotopic (exact) mass is 1090 g/mol. The maximum atomic E-state index is 12.8. The van der Waals surface area contributed by atoms with E-state index in [0.29, 0.717) is 23.9 Å². The summed E-state index contributed by atoms with van der Waals surface area (Å²) in [5.74, 6) is -0.793. The quantitative estimate of drug-likeness (QED) is 0.0211. The van der Waals surface area contributed by atoms with Gasteiger partial charge in [0.25, 0.3) is 0 Å². The number of ether oxygens (including phenoxy) is 2. The number of quaternary nitrogens is 1. The second-order valence-electron chi connectivity index (χ2n) is 22.4. The third kappa shape index (κ3) is 60.7. The fourth-order valence-electron chi connectivity index (χ4n) is 8.90. The number of phosphoric ester groups is 1. The van der Waals surface area contributed by atoms with E-state index >= 15 is 0 Å². The largest absolute Gasteiger partial charge is 0.472 e. The Labute approximate surface area is 469 Å². The van der Waals surface area contributed by atoms with E-state index in [9.17, 15) is 19.0 Å². The lowest BCUT2D eigenvalue weighted by Crippen LogP contribution is -2.37. The molecule has 76 heavy (non-hydrogen) atoms. The van der Waals surface area contributed by atoms with Gasteiger partial charge in [0.2, 0.25) is 0 Å². The standard InChI is InChI=1S/C66H120NO8P/c1-6-8-10-12-14-16-18-20-22-24-26-28-30-31-32-33-34-35-37-39-41-43-45-47-49-51-53-55-57-59-66(69)75-64(63-74-76(70,71)73-61-60-67(3,4)5)62-72-65(68)58-56-54-52-50-48-46-44-42-40-38-36-29-27-25-23-21-19-17-15-13-11-9-7-2/h8,10,14,16,20,22,26,28,31-32,34-35,64H,6-7,9,11-13,15,17-19,21,23-25,27,29-30,33,36-63H2,1-5H3/p+1/b10-8-,16-14-,22-20-,28-26-,32-31-,35-34-. The number of carbonyl (C=O) groups excluding carboxylic acids is 2. The van der Waals surface area contributed by atoms with Gasteiger partial charge in [-0.2, -0.15) is 0 Å². The number of hydrogen-bond acceptors (Lipinski definition) is 7. The first-order chi connectivity index (χ1) is 37.0. The van der Waals surface area contributed by atoms with Crippen molar-refractivity contribution in [2.75, 3.05) is 47.5 Å². The Hall–Kier alpha value is -2.55. The molecule has 0 saturated carbocycles. The van der Waals surface area contributed by atoms with Crippen LogP contribution in [0.2, 0.25) is 0 Å². The van der Waals surface area contributed by atoms with Crippen molar-refractivity contribution in [1.82, 2.24) is 0 Å². The highest BCUT2D eigenvalue weighted by Gasteiger charge is 2.27. The molecule has 1 N–H and O–H groups in total. The molecule has 0 bridgehead atoms. The summed E-state index contributed by atoms with van der Waals surface area (Å²) < 4.78 is 34.7. The normalized spacial score (nSPS) is 13.7. The van der Waals surface area contributed by atoms with Crippen LogP contribution in [0.3, 0.4) is 0 Å². The second-order valence-corrected chi connectivity index (χ2v) is 23.9. The maximum Gasteiger partial charge on any atom is 0.472 e. The first-order valence-electron chi connectivity index (χ1n) is 31.7. The lowest BCUT2D eigenvalue weighted by molar-refractivity contribution is -0.870. The van der Waals surface area contributed by atoms with Gasteiger partial charge in [-0.05, 0) is 64.2 Å². The summed E-state index contributed by atoms with van der Waals surface area (Å²) in [6, 6.07) is 0. The van der Waals surface area contributed by atoms with Crippen LogP contribution in [0.1, 0.15) is 284 Å². The van der Waals surface area contributed by atoms with Gasteiger partial charge in [0.1, 0.15) is 19.8 Å². The number of rotatable bonds is 58. The van der Waals surface area contributed by atoms with Crippen LogP contribution in [-0.2, 0) is 32.7 Å². The smallest absolute Gasteiger partial charge is 0.462 e. The molecule has 0 aromatic carbocycles. The van der Waals surface area contributed by atoms with Crippen LogP contribution in [-0.4, -0.2) is 74.9 Å². The molecule has 442 valence electrons. The third-order valence-electron chi connectivity index (χ3n) is 13.8. The van der Waals surface area contributed by atoms with Crippen molar-refractivity contribution in [2.45, 2.75) is 290 Å². The molecule has 10 heteroatoms. The second kappa shape index (κ2) is 57.1. The zero-order valence-electron chi connectivity index (χ0n) is 50.2. The molecule has 0 saturated heterocycles. The zero-order valence-corrected chi connectivity index (χ0v) is 51.1. The summed E-state index contributed by atoms with van der Waals surface area (Å²) >= 11 is 0. The molecule has 0 aliphatic heterocycles. The van der Waals surface area contributed by atoms with Gasteiger partial charge in [-0.1, -0.05) is 279 Å². The van der Waals surface area contributed by atoms with E-state index in [-0.39, 0.29) is 25.6 Å². The lowest BCUT2D eigenvalue weighted by atomic mass is 10.0. The summed E-state index contributed by atoms with van der Waals surface area (Å²) in [6.07, 6.45) is 75.5. The van der Waals surface area contributed by atoms with Crippen molar-refractivity contribution < 1.29 is 42.1 Å². The molecular formula is C66H121NO8P+. The molecule has 9 nitrogen and oxygen atoms in total. The summed E-state index contributed by atoms with van der Waals surface area (Å²) in [5.41, 5.74) is 0. The van der Waals surface area contributed by atoms with Gasteiger partial charge in [-0.25, -0.2) is 4.57 Å². The van der Waals surface area contributed by atoms with E-state index in [1.165, 1.54) is 167 Å². The van der Waals surface area contributed by atoms with Crippen molar-refractivity contribution >= 4 is 19.8 Å². The summed E-state index contributed by atoms with van der Waals surface area (Å²) in [5, 5.41) is 0. The van der Waals surface area contributed by atoms with Crippen LogP contribution >= 0.6 is 7.82 Å². The summed E-state index contributed by atoms with van der Waals surface area (Å²) in [7, 11) is 1.48. The number of phosphoric acid groups is 1. The van der Waals surface area contributed by atoms with E-state index in [1.807, 2.05) is 21.1 Å². The van der Waals surface area contributed by atoms with Crippen molar-refractivity contribution in [1.29, 1.82) is 0 Å². The summed E-state index contributed by atoms with van der Waals surface area (Å²) in [4.78, 5) is 35.8. The van der Waals surface area contributed by atoms with Gasteiger partial charge in [-0.15, -0.1) is 0 Å². The molecule has 0 spiro atoms. The zero-order chi connectivity index (χ0) is 55.6. The van der Waals surface area contributed by atoms with Gasteiger partial charge in [0.15, 0.2) is 6.10 Å². The third-order valence-corrected chi connectivity index (χ3v) is 14.7. The number of unbranched alkanes of at least 4 members (excludes halogenated alkanes) is 32. The van der Waals surface area contributed by atoms with Crippen molar-refractivity contribution in [3.63, 3.8) is 0 Å². The number of carbonyl (C=O) groups is 2. The minimum Gasteiger partial charge on any atom is -0.462 e. The van der Waals surface area contributed by atoms with Gasteiger partial charge in [0, 0.05) is 12.8 Å². The number of allylic oxidation sites excluding steroid dienone is 12. The molecule has 2 unspecified atom stereocenters. The molecular weight excluding hydrogens is 966 g/mol. The molecule has 0 aromatic heterocycles. The fourth-order valence-corrected chi connectivity index (χ4v) is 9.65. The first-order valence-corrected chi connectivity index (χ1v) is 33.2. The highest BCUT2D eigenvalue weighted by atomic mass is 31.2. The average molecular weight is 1090 g/mol. The molecule has 0 aliphatic rings. The van der Waals surface area contributed by atoms with E-state index in [2.05, 4.69) is 86.8 Å². The van der Waals surface area contributed by atoms with Crippen LogP contribution in [0.25, 0.3) is 0 Å². The Kier molecular flexibility index (Phi) is 55.2. The van der Waals surface area contributed by atoms with Crippen molar-refractivity contribution in [3.05, 3.63) is 72.9 Å². The highest BCUT2D eigenvalue weighted by Crippen LogP contribution is 2.43. The van der Waals surface area contributed by atoms with Crippen molar-refractivity contribution in [3.8, 4) is 0 Å². The van der Waals surface area contributed by atoms with Crippen LogP contribution in [0.5, 0.6) is 0 Å². The van der Waals surface area contributed by atoms with Crippen LogP contribution in [0, 0.1) is 0 Å². The number of nitrogens with zero attached hydrogens (tertiary/aromatic N) is 1. The minimum atomic E-state index is -4.39. The average Bonchev–Trinajstić information content (AvgIpc) is 3.38. The van der Waals surface area contributed by atoms with Gasteiger partial charge < -0.3 is 18.9 Å². The van der Waals surface area contributed by atoms with Gasteiger partial charge in [-0.3, -0.25) is 18.6 Å². The predicted molar refractivity (Wildman–Crippen MR) is 326 cm³/mol. The van der Waals surface area contributed by atoms with E-state index in [1.54, 1.807) is 0 Å². The highest BCUT2D eigenvalue weighted by molar-refractivity contribution is 7.47. The minimum absolute atomic E-state index is 0.0298. The van der Waals surface area contributed by atoms with Crippen LogP contribution in [0.4, 0.5) is 0 Å². The molecule has 0 radical (unpaired) electrons. The maximum absolute atomic E-state index is 12.8. The fraction of sp³-hybridized carbons (Fsp3) is 0.788. The van der Waals surface area contributed by atoms with Crippen LogP contribution in [0.15, 0.2) is 72.9 Å². The Balaban J connectivity index is 4.12. The molecule has 0 rings (SSSR count). The Morgan fingerprint density at radius 3 is 1.12 bits per heavy atom.